The number of likely N-dealkylation sites (tertiary alicyclic amines) is 1. The Morgan fingerprint density at radius 3 is 2.36 bits per heavy atom. The van der Waals surface area contributed by atoms with Crippen molar-refractivity contribution in [2.75, 3.05) is 13.1 Å². The van der Waals surface area contributed by atoms with Gasteiger partial charge < -0.3 is 25.0 Å². The summed E-state index contributed by atoms with van der Waals surface area (Å²) in [6.07, 6.45) is -0.591. The van der Waals surface area contributed by atoms with Crippen LogP contribution in [0.2, 0.25) is 0 Å². The Hall–Kier alpha value is -2.28. The molecule has 0 aromatic heterocycles. The van der Waals surface area contributed by atoms with Gasteiger partial charge >= 0.3 is 12.1 Å². The molecule has 1 fully saturated rings. The monoisotopic (exact) mass is 311 g/mol. The number of hydrogen-bond acceptors (Lipinski definition) is 4. The smallest absolute Gasteiger partial charge is 0.410 e. The first-order chi connectivity index (χ1) is 9.76. The highest BCUT2D eigenvalue weighted by atomic mass is 16.6. The van der Waals surface area contributed by atoms with Crippen LogP contribution in [0.3, 0.4) is 0 Å². The number of carbonyl (C=O) groups excluding carboxylic acids is 1. The summed E-state index contributed by atoms with van der Waals surface area (Å²) in [6, 6.07) is 6.46. The maximum absolute atomic E-state index is 11.8. The number of ether oxygens (including phenoxy) is 2. The van der Waals surface area contributed by atoms with Crippen LogP contribution in [0.25, 0.3) is 0 Å². The summed E-state index contributed by atoms with van der Waals surface area (Å²) in [5.74, 6) is -0.715. The lowest BCUT2D eigenvalue weighted by molar-refractivity contribution is -0.0224. The third-order valence-electron chi connectivity index (χ3n) is 2.91. The van der Waals surface area contributed by atoms with E-state index < -0.39 is 11.6 Å². The van der Waals surface area contributed by atoms with Crippen LogP contribution in [0, 0.1) is 0 Å². The van der Waals surface area contributed by atoms with Gasteiger partial charge in [-0.3, -0.25) is 0 Å². The Kier molecular flexibility index (Phi) is 5.38. The standard InChI is InChI=1S/C15H19NO5.H2O/c1-15(2,3)21-14(19)16-8-10(9-16)20-12-7-5-4-6-11(12)13(17)18;/h4-7,10H,8-9H2,1-3H3,(H,17,18);1H2. The molecule has 122 valence electrons. The van der Waals surface area contributed by atoms with Crippen LogP contribution < -0.4 is 4.74 Å². The summed E-state index contributed by atoms with van der Waals surface area (Å²) >= 11 is 0. The van der Waals surface area contributed by atoms with Gasteiger partial charge in [0, 0.05) is 0 Å². The molecule has 0 aliphatic carbocycles. The van der Waals surface area contributed by atoms with E-state index in [1.807, 2.05) is 20.8 Å². The molecule has 1 aromatic rings. The van der Waals surface area contributed by atoms with E-state index in [9.17, 15) is 9.59 Å². The first kappa shape index (κ1) is 17.8. The highest BCUT2D eigenvalue weighted by Gasteiger charge is 2.35. The van der Waals surface area contributed by atoms with Crippen molar-refractivity contribution in [3.63, 3.8) is 0 Å². The third-order valence-corrected chi connectivity index (χ3v) is 2.91. The number of benzene rings is 1. The first-order valence-corrected chi connectivity index (χ1v) is 6.73. The van der Waals surface area contributed by atoms with E-state index >= 15 is 0 Å². The van der Waals surface area contributed by atoms with Gasteiger partial charge in [0.2, 0.25) is 0 Å². The molecule has 7 nitrogen and oxygen atoms in total. The van der Waals surface area contributed by atoms with Crippen LogP contribution in [0.15, 0.2) is 24.3 Å². The van der Waals surface area contributed by atoms with E-state index in [1.165, 1.54) is 11.0 Å². The Labute approximate surface area is 128 Å². The lowest BCUT2D eigenvalue weighted by Gasteiger charge is -2.39. The number of aromatic carboxylic acids is 1. The predicted molar refractivity (Wildman–Crippen MR) is 79.2 cm³/mol. The number of carboxylic acids is 1. The number of amides is 1. The number of rotatable bonds is 3. The van der Waals surface area contributed by atoms with Gasteiger partial charge in [-0.25, -0.2) is 9.59 Å². The molecule has 1 amide bonds. The Balaban J connectivity index is 0.00000242. The molecule has 7 heteroatoms. The van der Waals surface area contributed by atoms with Crippen molar-refractivity contribution >= 4 is 12.1 Å². The zero-order valence-corrected chi connectivity index (χ0v) is 12.8. The minimum absolute atomic E-state index is 0. The second kappa shape index (κ2) is 6.65. The molecule has 0 saturated carbocycles. The van der Waals surface area contributed by atoms with Gasteiger partial charge in [-0.05, 0) is 32.9 Å². The quantitative estimate of drug-likeness (QED) is 0.911. The van der Waals surface area contributed by atoms with E-state index in [0.717, 1.165) is 0 Å². The molecule has 1 aliphatic heterocycles. The fraction of sp³-hybridized carbons (Fsp3) is 0.467. The third kappa shape index (κ3) is 4.36. The van der Waals surface area contributed by atoms with Crippen LogP contribution in [-0.4, -0.2) is 52.3 Å². The lowest BCUT2D eigenvalue weighted by Crippen LogP contribution is -2.57. The lowest BCUT2D eigenvalue weighted by atomic mass is 10.1. The highest BCUT2D eigenvalue weighted by molar-refractivity contribution is 5.90. The molecule has 0 spiro atoms. The van der Waals surface area contributed by atoms with E-state index in [4.69, 9.17) is 14.6 Å². The minimum atomic E-state index is -1.03. The first-order valence-electron chi connectivity index (χ1n) is 6.73. The molecule has 0 radical (unpaired) electrons. The van der Waals surface area contributed by atoms with Gasteiger partial charge in [0.25, 0.3) is 0 Å². The van der Waals surface area contributed by atoms with Crippen LogP contribution in [-0.2, 0) is 4.74 Å². The predicted octanol–water partition coefficient (Wildman–Crippen LogP) is 1.56. The van der Waals surface area contributed by atoms with Crippen LogP contribution in [0.4, 0.5) is 4.79 Å². The second-order valence-corrected chi connectivity index (χ2v) is 5.93. The van der Waals surface area contributed by atoms with Crippen LogP contribution >= 0.6 is 0 Å². The molecule has 2 rings (SSSR count). The Morgan fingerprint density at radius 2 is 1.82 bits per heavy atom. The van der Waals surface area contributed by atoms with Crippen molar-refractivity contribution in [2.45, 2.75) is 32.5 Å². The number of nitrogens with zero attached hydrogens (tertiary/aromatic N) is 1. The van der Waals surface area contributed by atoms with E-state index in [-0.39, 0.29) is 23.2 Å². The maximum Gasteiger partial charge on any atom is 0.410 e. The van der Waals surface area contributed by atoms with Gasteiger partial charge in [0.1, 0.15) is 23.0 Å². The summed E-state index contributed by atoms with van der Waals surface area (Å²) < 4.78 is 10.9. The van der Waals surface area contributed by atoms with Gasteiger partial charge in [-0.2, -0.15) is 0 Å². The molecule has 1 aromatic carbocycles. The fourth-order valence-electron chi connectivity index (χ4n) is 1.91. The second-order valence-electron chi connectivity index (χ2n) is 5.93. The van der Waals surface area contributed by atoms with Crippen molar-refractivity contribution in [3.05, 3.63) is 29.8 Å². The summed E-state index contributed by atoms with van der Waals surface area (Å²) in [6.45, 7) is 6.21. The average Bonchev–Trinajstić information content (AvgIpc) is 2.31. The van der Waals surface area contributed by atoms with E-state index in [2.05, 4.69) is 0 Å². The van der Waals surface area contributed by atoms with Crippen molar-refractivity contribution in [1.82, 2.24) is 4.90 Å². The van der Waals surface area contributed by atoms with Crippen LogP contribution in [0.1, 0.15) is 31.1 Å². The molecule has 3 N–H and O–H groups in total. The molecule has 1 heterocycles. The summed E-state index contributed by atoms with van der Waals surface area (Å²) in [7, 11) is 0. The molecule has 22 heavy (non-hydrogen) atoms. The molecule has 0 atom stereocenters. The van der Waals surface area contributed by atoms with Gasteiger partial charge in [0.15, 0.2) is 0 Å². The Bertz CT molecular complexity index is 545. The zero-order chi connectivity index (χ0) is 15.6. The van der Waals surface area contributed by atoms with Crippen molar-refractivity contribution in [3.8, 4) is 5.75 Å². The molecule has 0 unspecified atom stereocenters. The minimum Gasteiger partial charge on any atom is -0.486 e. The van der Waals surface area contributed by atoms with Crippen molar-refractivity contribution in [2.24, 2.45) is 0 Å². The summed E-state index contributed by atoms with van der Waals surface area (Å²) in [5.41, 5.74) is -0.410. The average molecular weight is 311 g/mol. The van der Waals surface area contributed by atoms with Crippen LogP contribution in [0.5, 0.6) is 5.75 Å². The van der Waals surface area contributed by atoms with Gasteiger partial charge in [-0.15, -0.1) is 0 Å². The number of carboxylic acid groups (broad SMARTS) is 1. The number of carbonyl (C=O) groups is 2. The zero-order valence-electron chi connectivity index (χ0n) is 12.8. The topological polar surface area (TPSA) is 108 Å². The van der Waals surface area contributed by atoms with Crippen molar-refractivity contribution < 1.29 is 29.6 Å². The summed E-state index contributed by atoms with van der Waals surface area (Å²) in [5, 5.41) is 9.07. The molecule has 1 saturated heterocycles. The van der Waals surface area contributed by atoms with Gasteiger partial charge in [0.05, 0.1) is 13.1 Å². The number of para-hydroxylation sites is 1. The van der Waals surface area contributed by atoms with E-state index in [1.54, 1.807) is 18.2 Å². The SMILES string of the molecule is CC(C)(C)OC(=O)N1CC(Oc2ccccc2C(=O)O)C1.O. The molecular weight excluding hydrogens is 290 g/mol. The highest BCUT2D eigenvalue weighted by Crippen LogP contribution is 2.23. The normalized spacial score (nSPS) is 14.6. The Morgan fingerprint density at radius 1 is 1.23 bits per heavy atom. The number of hydrogen-bond donors (Lipinski definition) is 1. The van der Waals surface area contributed by atoms with E-state index in [0.29, 0.717) is 18.8 Å². The van der Waals surface area contributed by atoms with Gasteiger partial charge in [-0.1, -0.05) is 12.1 Å². The maximum atomic E-state index is 11.8. The molecule has 0 bridgehead atoms. The van der Waals surface area contributed by atoms with Crippen molar-refractivity contribution in [1.29, 1.82) is 0 Å². The molecule has 1 aliphatic rings. The summed E-state index contributed by atoms with van der Waals surface area (Å²) in [4.78, 5) is 24.4. The fourth-order valence-corrected chi connectivity index (χ4v) is 1.91. The molecular formula is C15H21NO6. The largest absolute Gasteiger partial charge is 0.486 e.